The summed E-state index contributed by atoms with van der Waals surface area (Å²) in [7, 11) is 4.21. The topological polar surface area (TPSA) is 92.1 Å². The monoisotopic (exact) mass is 455 g/mol. The number of hydrogen-bond acceptors (Lipinski definition) is 7. The predicted octanol–water partition coefficient (Wildman–Crippen LogP) is 2.30. The van der Waals surface area contributed by atoms with Gasteiger partial charge in [0.1, 0.15) is 18.6 Å². The van der Waals surface area contributed by atoms with Gasteiger partial charge in [0.15, 0.2) is 10.4 Å². The van der Waals surface area contributed by atoms with Crippen molar-refractivity contribution < 1.29 is 14.1 Å². The van der Waals surface area contributed by atoms with Gasteiger partial charge in [0, 0.05) is 26.1 Å². The van der Waals surface area contributed by atoms with Crippen molar-refractivity contribution in [1.82, 2.24) is 13.7 Å². The Kier molecular flexibility index (Phi) is 5.70. The number of benzene rings is 1. The molecule has 0 fully saturated rings. The average molecular weight is 456 g/mol. The highest BCUT2D eigenvalue weighted by atomic mass is 35.5. The molecule has 1 aliphatic heterocycles. The second-order valence-corrected chi connectivity index (χ2v) is 7.75. The highest BCUT2D eigenvalue weighted by Crippen LogP contribution is 2.32. The van der Waals surface area contributed by atoms with Crippen LogP contribution in [-0.2, 0) is 23.8 Å². The SMILES string of the molecule is CO/N=C(\C)C1(C)CC(c2cc(-n3c(=O)n(C)c(=S)n(C)c3=O)c(F)cc2Cl)=NO1. The van der Waals surface area contributed by atoms with Gasteiger partial charge in [-0.25, -0.2) is 18.5 Å². The summed E-state index contributed by atoms with van der Waals surface area (Å²) in [6, 6.07) is 2.31. The van der Waals surface area contributed by atoms with E-state index in [2.05, 4.69) is 10.3 Å². The first-order chi connectivity index (χ1) is 14.0. The Morgan fingerprint density at radius 1 is 1.33 bits per heavy atom. The molecule has 1 atom stereocenters. The molecule has 1 aliphatic rings. The van der Waals surface area contributed by atoms with Gasteiger partial charge < -0.3 is 9.68 Å². The van der Waals surface area contributed by atoms with E-state index in [9.17, 15) is 14.0 Å². The average Bonchev–Trinajstić information content (AvgIpc) is 3.10. The molecule has 12 heteroatoms. The fraction of sp³-hybridized carbons (Fsp3) is 0.389. The van der Waals surface area contributed by atoms with Crippen LogP contribution >= 0.6 is 23.8 Å². The van der Waals surface area contributed by atoms with Crippen molar-refractivity contribution in [3.8, 4) is 5.69 Å². The maximum absolute atomic E-state index is 14.8. The van der Waals surface area contributed by atoms with Crippen LogP contribution in [0.15, 0.2) is 32.0 Å². The van der Waals surface area contributed by atoms with Crippen LogP contribution in [0.1, 0.15) is 25.8 Å². The minimum absolute atomic E-state index is 0.00749. The third-order valence-corrected chi connectivity index (χ3v) is 5.83. The zero-order valence-corrected chi connectivity index (χ0v) is 18.5. The van der Waals surface area contributed by atoms with Gasteiger partial charge in [-0.15, -0.1) is 0 Å². The molecule has 30 heavy (non-hydrogen) atoms. The van der Waals surface area contributed by atoms with Gasteiger partial charge in [-0.1, -0.05) is 21.9 Å². The quantitative estimate of drug-likeness (QED) is 0.401. The third kappa shape index (κ3) is 3.47. The number of halogens is 2. The lowest BCUT2D eigenvalue weighted by Crippen LogP contribution is -2.43. The molecule has 3 rings (SSSR count). The molecule has 0 radical (unpaired) electrons. The van der Waals surface area contributed by atoms with E-state index in [4.69, 9.17) is 33.5 Å². The summed E-state index contributed by atoms with van der Waals surface area (Å²) < 4.78 is 17.6. The summed E-state index contributed by atoms with van der Waals surface area (Å²) in [5, 5.41) is 8.00. The van der Waals surface area contributed by atoms with Crippen LogP contribution in [0.25, 0.3) is 5.69 Å². The van der Waals surface area contributed by atoms with Gasteiger partial charge in [-0.3, -0.25) is 9.13 Å². The summed E-state index contributed by atoms with van der Waals surface area (Å²) >= 11 is 11.3. The second-order valence-electron chi connectivity index (χ2n) is 6.98. The predicted molar refractivity (Wildman–Crippen MR) is 113 cm³/mol. The molecular formula is C18H19ClFN5O4S. The minimum Gasteiger partial charge on any atom is -0.399 e. The number of rotatable bonds is 4. The van der Waals surface area contributed by atoms with Gasteiger partial charge >= 0.3 is 11.4 Å². The van der Waals surface area contributed by atoms with Crippen LogP contribution in [0.5, 0.6) is 0 Å². The lowest BCUT2D eigenvalue weighted by atomic mass is 9.92. The molecule has 0 bridgehead atoms. The summed E-state index contributed by atoms with van der Waals surface area (Å²) in [5.74, 6) is -0.848. The number of oxime groups is 2. The molecule has 1 unspecified atom stereocenters. The first-order valence-electron chi connectivity index (χ1n) is 8.74. The molecule has 0 spiro atoms. The zero-order chi connectivity index (χ0) is 22.4. The van der Waals surface area contributed by atoms with Crippen molar-refractivity contribution in [1.29, 1.82) is 0 Å². The van der Waals surface area contributed by atoms with E-state index in [0.29, 0.717) is 21.6 Å². The van der Waals surface area contributed by atoms with Crippen LogP contribution in [0.2, 0.25) is 5.02 Å². The lowest BCUT2D eigenvalue weighted by Gasteiger charge is -2.20. The standard InChI is InChI=1S/C18H19ClFN5O4S/c1-9(21-28-5)18(2)8-13(22-29-18)10-6-14(12(20)7-11(10)19)25-15(26)23(3)17(30)24(4)16(25)27/h6-7H,8H2,1-5H3/b21-9+. The molecule has 9 nitrogen and oxygen atoms in total. The van der Waals surface area contributed by atoms with Crippen molar-refractivity contribution in [3.05, 3.63) is 54.3 Å². The molecule has 2 aromatic rings. The van der Waals surface area contributed by atoms with Gasteiger partial charge in [0.05, 0.1) is 16.4 Å². The Labute approximate surface area is 180 Å². The van der Waals surface area contributed by atoms with Gasteiger partial charge in [0.25, 0.3) is 0 Å². The summed E-state index contributed by atoms with van der Waals surface area (Å²) in [6.45, 7) is 3.49. The maximum atomic E-state index is 14.8. The number of nitrogens with zero attached hydrogens (tertiary/aromatic N) is 5. The largest absolute Gasteiger partial charge is 0.399 e. The second kappa shape index (κ2) is 7.80. The van der Waals surface area contributed by atoms with Crippen LogP contribution in [-0.4, -0.2) is 37.8 Å². The zero-order valence-electron chi connectivity index (χ0n) is 16.9. The highest BCUT2D eigenvalue weighted by molar-refractivity contribution is 7.71. The van der Waals surface area contributed by atoms with E-state index in [1.54, 1.807) is 13.8 Å². The first-order valence-corrected chi connectivity index (χ1v) is 9.52. The van der Waals surface area contributed by atoms with E-state index in [0.717, 1.165) is 15.2 Å². The van der Waals surface area contributed by atoms with E-state index in [1.165, 1.54) is 27.3 Å². The van der Waals surface area contributed by atoms with Crippen LogP contribution in [0, 0.1) is 10.6 Å². The highest BCUT2D eigenvalue weighted by Gasteiger charge is 2.39. The fourth-order valence-corrected chi connectivity index (χ4v) is 3.43. The molecule has 0 amide bonds. The van der Waals surface area contributed by atoms with Crippen LogP contribution in [0.4, 0.5) is 4.39 Å². The Morgan fingerprint density at radius 3 is 2.50 bits per heavy atom. The first kappa shape index (κ1) is 21.9. The van der Waals surface area contributed by atoms with E-state index in [1.807, 2.05) is 0 Å². The minimum atomic E-state index is -0.882. The molecule has 1 aromatic carbocycles. The van der Waals surface area contributed by atoms with Gasteiger partial charge in [0.2, 0.25) is 0 Å². The van der Waals surface area contributed by atoms with Crippen molar-refractivity contribution in [2.45, 2.75) is 25.9 Å². The van der Waals surface area contributed by atoms with E-state index >= 15 is 0 Å². The van der Waals surface area contributed by atoms with Crippen molar-refractivity contribution in [3.63, 3.8) is 0 Å². The normalized spacial score (nSPS) is 18.9. The Bertz CT molecular complexity index is 1240. The molecule has 160 valence electrons. The van der Waals surface area contributed by atoms with Crippen molar-refractivity contribution in [2.75, 3.05) is 7.11 Å². The smallest absolute Gasteiger partial charge is 0.338 e. The van der Waals surface area contributed by atoms with Crippen LogP contribution in [0.3, 0.4) is 0 Å². The summed E-state index contributed by atoms with van der Waals surface area (Å²) in [4.78, 5) is 35.6. The molecule has 0 N–H and O–H groups in total. The fourth-order valence-electron chi connectivity index (χ4n) is 3.02. The van der Waals surface area contributed by atoms with Crippen molar-refractivity contribution >= 4 is 35.2 Å². The third-order valence-electron chi connectivity index (χ3n) is 4.97. The maximum Gasteiger partial charge on any atom is 0.338 e. The Balaban J connectivity index is 2.18. The van der Waals surface area contributed by atoms with Gasteiger partial charge in [-0.05, 0) is 38.2 Å². The lowest BCUT2D eigenvalue weighted by molar-refractivity contribution is 0.0478. The number of aromatic nitrogens is 3. The molecular weight excluding hydrogens is 437 g/mol. The van der Waals surface area contributed by atoms with E-state index < -0.39 is 22.8 Å². The number of hydrogen-bond donors (Lipinski definition) is 0. The van der Waals surface area contributed by atoms with E-state index in [-0.39, 0.29) is 21.9 Å². The molecule has 2 heterocycles. The van der Waals surface area contributed by atoms with Gasteiger partial charge in [-0.2, -0.15) is 0 Å². The molecule has 0 saturated carbocycles. The molecule has 0 aliphatic carbocycles. The Hall–Kier alpha value is -2.79. The summed E-state index contributed by atoms with van der Waals surface area (Å²) in [5.41, 5.74) is -1.46. The summed E-state index contributed by atoms with van der Waals surface area (Å²) in [6.07, 6.45) is 0.266. The molecule has 0 saturated heterocycles. The Morgan fingerprint density at radius 2 is 1.93 bits per heavy atom. The van der Waals surface area contributed by atoms with Crippen LogP contribution < -0.4 is 11.4 Å². The van der Waals surface area contributed by atoms with Crippen molar-refractivity contribution in [2.24, 2.45) is 24.4 Å². The molecule has 1 aromatic heterocycles.